The monoisotopic (exact) mass is 246 g/mol. The second kappa shape index (κ2) is 4.90. The molecule has 4 heteroatoms. The van der Waals surface area contributed by atoms with Crippen LogP contribution in [0.15, 0.2) is 34.9 Å². The van der Waals surface area contributed by atoms with E-state index >= 15 is 0 Å². The minimum Gasteiger partial charge on any atom is -0.441 e. The number of hydrogen-bond donors (Lipinski definition) is 1. The van der Waals surface area contributed by atoms with E-state index in [9.17, 15) is 4.39 Å². The highest BCUT2D eigenvalue weighted by molar-refractivity contribution is 5.56. The number of nitrogens with one attached hydrogen (secondary N) is 1. The highest BCUT2D eigenvalue weighted by atomic mass is 19.1. The summed E-state index contributed by atoms with van der Waals surface area (Å²) in [5, 5.41) is 3.40. The van der Waals surface area contributed by atoms with Crippen LogP contribution in [0, 0.1) is 5.82 Å². The van der Waals surface area contributed by atoms with E-state index in [1.54, 1.807) is 12.3 Å². The Balaban J connectivity index is 1.64. The summed E-state index contributed by atoms with van der Waals surface area (Å²) in [5.74, 6) is 1.05. The summed E-state index contributed by atoms with van der Waals surface area (Å²) in [6.45, 7) is 0.883. The molecular weight excluding hydrogens is 231 g/mol. The highest BCUT2D eigenvalue weighted by Gasteiger charge is 2.20. The number of oxazole rings is 1. The molecule has 3 rings (SSSR count). The number of nitrogens with zero attached hydrogens (tertiary/aromatic N) is 1. The van der Waals surface area contributed by atoms with Crippen molar-refractivity contribution in [3.63, 3.8) is 0 Å². The van der Waals surface area contributed by atoms with Crippen LogP contribution in [0.2, 0.25) is 0 Å². The lowest BCUT2D eigenvalue weighted by atomic mass is 10.2. The van der Waals surface area contributed by atoms with Gasteiger partial charge in [-0.05, 0) is 25.0 Å². The molecule has 1 aliphatic carbocycles. The SMILES string of the molecule is Fc1cccc(-c2cnc(CCNC3CC3)o2)c1. The molecule has 0 unspecified atom stereocenters. The fourth-order valence-electron chi connectivity index (χ4n) is 1.87. The van der Waals surface area contributed by atoms with Gasteiger partial charge in [0.15, 0.2) is 11.7 Å². The lowest BCUT2D eigenvalue weighted by Crippen LogP contribution is -2.19. The average Bonchev–Trinajstić information content (AvgIpc) is 3.06. The Bertz CT molecular complexity index is 534. The molecule has 18 heavy (non-hydrogen) atoms. The van der Waals surface area contributed by atoms with Crippen LogP contribution in [-0.2, 0) is 6.42 Å². The van der Waals surface area contributed by atoms with E-state index in [0.717, 1.165) is 18.5 Å². The van der Waals surface area contributed by atoms with Crippen molar-refractivity contribution in [2.24, 2.45) is 0 Å². The Morgan fingerprint density at radius 1 is 1.39 bits per heavy atom. The van der Waals surface area contributed by atoms with Crippen LogP contribution in [0.25, 0.3) is 11.3 Å². The van der Waals surface area contributed by atoms with Crippen LogP contribution >= 0.6 is 0 Å². The fourth-order valence-corrected chi connectivity index (χ4v) is 1.87. The maximum atomic E-state index is 13.1. The van der Waals surface area contributed by atoms with Crippen molar-refractivity contribution in [2.75, 3.05) is 6.54 Å². The first kappa shape index (κ1) is 11.4. The van der Waals surface area contributed by atoms with Gasteiger partial charge in [0.2, 0.25) is 0 Å². The van der Waals surface area contributed by atoms with Gasteiger partial charge in [-0.1, -0.05) is 12.1 Å². The summed E-state index contributed by atoms with van der Waals surface area (Å²) in [6.07, 6.45) is 4.98. The van der Waals surface area contributed by atoms with Gasteiger partial charge in [-0.3, -0.25) is 0 Å². The van der Waals surface area contributed by atoms with Crippen molar-refractivity contribution >= 4 is 0 Å². The molecule has 1 saturated carbocycles. The van der Waals surface area contributed by atoms with Gasteiger partial charge in [0.1, 0.15) is 5.82 Å². The zero-order valence-electron chi connectivity index (χ0n) is 10.0. The molecule has 2 aromatic rings. The van der Waals surface area contributed by atoms with E-state index < -0.39 is 0 Å². The van der Waals surface area contributed by atoms with Crippen molar-refractivity contribution in [1.29, 1.82) is 0 Å². The zero-order valence-corrected chi connectivity index (χ0v) is 10.0. The molecule has 0 atom stereocenters. The summed E-state index contributed by atoms with van der Waals surface area (Å²) in [4.78, 5) is 4.21. The van der Waals surface area contributed by atoms with Crippen LogP contribution in [0.4, 0.5) is 4.39 Å². The second-order valence-corrected chi connectivity index (χ2v) is 4.61. The molecule has 1 fully saturated rings. The van der Waals surface area contributed by atoms with Crippen LogP contribution in [0.5, 0.6) is 0 Å². The first-order chi connectivity index (χ1) is 8.81. The molecule has 1 aromatic carbocycles. The number of aromatic nitrogens is 1. The van der Waals surface area contributed by atoms with E-state index in [0.29, 0.717) is 17.7 Å². The molecule has 0 aliphatic heterocycles. The Morgan fingerprint density at radius 3 is 3.06 bits per heavy atom. The van der Waals surface area contributed by atoms with Gasteiger partial charge < -0.3 is 9.73 Å². The number of hydrogen-bond acceptors (Lipinski definition) is 3. The van der Waals surface area contributed by atoms with Gasteiger partial charge in [0.25, 0.3) is 0 Å². The van der Waals surface area contributed by atoms with Crippen LogP contribution in [-0.4, -0.2) is 17.6 Å². The topological polar surface area (TPSA) is 38.1 Å². The largest absolute Gasteiger partial charge is 0.441 e. The van der Waals surface area contributed by atoms with Crippen molar-refractivity contribution in [3.05, 3.63) is 42.2 Å². The lowest BCUT2D eigenvalue weighted by Gasteiger charge is -1.99. The summed E-state index contributed by atoms with van der Waals surface area (Å²) in [5.41, 5.74) is 0.726. The number of halogens is 1. The van der Waals surface area contributed by atoms with E-state index in [-0.39, 0.29) is 5.82 Å². The molecule has 0 saturated heterocycles. The quantitative estimate of drug-likeness (QED) is 0.881. The Kier molecular flexibility index (Phi) is 3.11. The third-order valence-corrected chi connectivity index (χ3v) is 3.01. The fraction of sp³-hybridized carbons (Fsp3) is 0.357. The van der Waals surface area contributed by atoms with Crippen molar-refractivity contribution < 1.29 is 8.81 Å². The lowest BCUT2D eigenvalue weighted by molar-refractivity contribution is 0.494. The molecule has 0 amide bonds. The zero-order chi connectivity index (χ0) is 12.4. The molecule has 0 radical (unpaired) electrons. The van der Waals surface area contributed by atoms with Gasteiger partial charge in [-0.2, -0.15) is 0 Å². The molecule has 94 valence electrons. The molecule has 1 aliphatic rings. The predicted octanol–water partition coefficient (Wildman–Crippen LogP) is 2.78. The smallest absolute Gasteiger partial charge is 0.196 e. The standard InChI is InChI=1S/C14H15FN2O/c15-11-3-1-2-10(8-11)13-9-17-14(18-13)6-7-16-12-4-5-12/h1-3,8-9,12,16H,4-7H2. The number of rotatable bonds is 5. The molecule has 1 N–H and O–H groups in total. The molecular formula is C14H15FN2O. The van der Waals surface area contributed by atoms with Gasteiger partial charge in [0.05, 0.1) is 6.20 Å². The highest BCUT2D eigenvalue weighted by Crippen LogP contribution is 2.21. The Hall–Kier alpha value is -1.68. The second-order valence-electron chi connectivity index (χ2n) is 4.61. The molecule has 0 bridgehead atoms. The van der Waals surface area contributed by atoms with Crippen molar-refractivity contribution in [1.82, 2.24) is 10.3 Å². The maximum Gasteiger partial charge on any atom is 0.196 e. The van der Waals surface area contributed by atoms with Crippen molar-refractivity contribution in [2.45, 2.75) is 25.3 Å². The van der Waals surface area contributed by atoms with Gasteiger partial charge in [0, 0.05) is 24.6 Å². The molecule has 3 nitrogen and oxygen atoms in total. The van der Waals surface area contributed by atoms with E-state index in [1.165, 1.54) is 25.0 Å². The molecule has 0 spiro atoms. The third-order valence-electron chi connectivity index (χ3n) is 3.01. The summed E-state index contributed by atoms with van der Waals surface area (Å²) in [7, 11) is 0. The van der Waals surface area contributed by atoms with E-state index in [2.05, 4.69) is 10.3 Å². The van der Waals surface area contributed by atoms with Gasteiger partial charge in [-0.25, -0.2) is 9.37 Å². The summed E-state index contributed by atoms with van der Waals surface area (Å²) < 4.78 is 18.7. The Labute approximate surface area is 105 Å². The van der Waals surface area contributed by atoms with Crippen LogP contribution in [0.1, 0.15) is 18.7 Å². The van der Waals surface area contributed by atoms with Crippen LogP contribution < -0.4 is 5.32 Å². The van der Waals surface area contributed by atoms with Crippen LogP contribution in [0.3, 0.4) is 0 Å². The first-order valence-corrected chi connectivity index (χ1v) is 6.25. The van der Waals surface area contributed by atoms with Gasteiger partial charge >= 0.3 is 0 Å². The molecule has 1 heterocycles. The van der Waals surface area contributed by atoms with Gasteiger partial charge in [-0.15, -0.1) is 0 Å². The third kappa shape index (κ3) is 2.76. The first-order valence-electron chi connectivity index (χ1n) is 6.25. The molecule has 1 aromatic heterocycles. The summed E-state index contributed by atoms with van der Waals surface area (Å²) >= 11 is 0. The Morgan fingerprint density at radius 2 is 2.28 bits per heavy atom. The van der Waals surface area contributed by atoms with E-state index in [4.69, 9.17) is 4.42 Å². The van der Waals surface area contributed by atoms with E-state index in [1.807, 2.05) is 6.07 Å². The number of benzene rings is 1. The average molecular weight is 246 g/mol. The maximum absolute atomic E-state index is 13.1. The minimum atomic E-state index is -0.263. The predicted molar refractivity (Wildman–Crippen MR) is 66.6 cm³/mol. The van der Waals surface area contributed by atoms with Crippen molar-refractivity contribution in [3.8, 4) is 11.3 Å². The minimum absolute atomic E-state index is 0.263. The normalized spacial score (nSPS) is 14.9. The summed E-state index contributed by atoms with van der Waals surface area (Å²) in [6, 6.07) is 7.05.